The first-order valence-electron chi connectivity index (χ1n) is 3.28. The van der Waals surface area contributed by atoms with Gasteiger partial charge in [-0.3, -0.25) is 13.2 Å². The lowest BCUT2D eigenvalue weighted by Crippen LogP contribution is -1.92. The van der Waals surface area contributed by atoms with Gasteiger partial charge in [-0.25, -0.2) is 0 Å². The molecule has 0 heterocycles. The van der Waals surface area contributed by atoms with Gasteiger partial charge in [0.2, 0.25) is 0 Å². The maximum absolute atomic E-state index is 10.6. The van der Waals surface area contributed by atoms with Crippen LogP contribution < -0.4 is 4.74 Å². The monoisotopic (exact) mass is 295 g/mol. The predicted molar refractivity (Wildman–Crippen MR) is 53.1 cm³/mol. The van der Waals surface area contributed by atoms with E-state index in [1.807, 2.05) is 0 Å². The van der Waals surface area contributed by atoms with Crippen LogP contribution in [0.4, 0.5) is 5.69 Å². The molecule has 0 fully saturated rings. The molecule has 0 N–H and O–H groups in total. The van der Waals surface area contributed by atoms with E-state index in [0.717, 1.165) is 0 Å². The second-order valence-corrected chi connectivity index (χ2v) is 3.75. The molecule has 0 atom stereocenters. The fourth-order valence-corrected chi connectivity index (χ4v) is 1.73. The Morgan fingerprint density at radius 2 is 2.23 bits per heavy atom. The van der Waals surface area contributed by atoms with Crippen molar-refractivity contribution in [3.63, 3.8) is 0 Å². The Bertz CT molecular complexity index is 352. The quantitative estimate of drug-likeness (QED) is 0.486. The highest BCUT2D eigenvalue weighted by atomic mass is 127. The van der Waals surface area contributed by atoms with E-state index in [1.54, 1.807) is 6.07 Å². The van der Waals surface area contributed by atoms with Crippen molar-refractivity contribution in [1.82, 2.24) is 0 Å². The summed E-state index contributed by atoms with van der Waals surface area (Å²) in [7, 11) is 1.42. The van der Waals surface area contributed by atoms with Gasteiger partial charge in [0.05, 0.1) is 18.1 Å². The van der Waals surface area contributed by atoms with Crippen LogP contribution in [0, 0.1) is 13.7 Å². The zero-order valence-corrected chi connectivity index (χ0v) is 8.85. The highest BCUT2D eigenvalue weighted by molar-refractivity contribution is 14.1. The van der Waals surface area contributed by atoms with E-state index in [1.165, 1.54) is 19.2 Å². The largest absolute Gasteiger partial charge is 0.497 e. The molecule has 0 unspecified atom stereocenters. The number of nitro benzene ring substituents is 1. The van der Waals surface area contributed by atoms with Crippen molar-refractivity contribution in [2.24, 2.45) is 0 Å². The van der Waals surface area contributed by atoms with Crippen LogP contribution in [0.3, 0.4) is 0 Å². The van der Waals surface area contributed by atoms with Gasteiger partial charge in [-0.2, -0.15) is 0 Å². The van der Waals surface area contributed by atoms with Gasteiger partial charge in [-0.05, 0) is 12.1 Å². The summed E-state index contributed by atoms with van der Waals surface area (Å²) in [5.41, 5.74) is -0.137. The van der Waals surface area contributed by atoms with E-state index in [2.05, 4.69) is 0 Å². The number of hydrogen-bond acceptors (Lipinski definition) is 4. The lowest BCUT2D eigenvalue weighted by molar-refractivity contribution is -0.385. The van der Waals surface area contributed by atoms with Crippen LogP contribution in [0.15, 0.2) is 18.2 Å². The summed E-state index contributed by atoms with van der Waals surface area (Å²) in [5.74, 6) is 0.396. The summed E-state index contributed by atoms with van der Waals surface area (Å²) in [6.07, 6.45) is 0. The van der Waals surface area contributed by atoms with Crippen LogP contribution in [0.5, 0.6) is 5.75 Å². The molecular formula is C7H6INO4. The van der Waals surface area contributed by atoms with Gasteiger partial charge >= 0.3 is 0 Å². The van der Waals surface area contributed by atoms with E-state index in [4.69, 9.17) is 4.74 Å². The van der Waals surface area contributed by atoms with Crippen LogP contribution >= 0.6 is 21.2 Å². The molecule has 0 bridgehead atoms. The van der Waals surface area contributed by atoms with Crippen LogP contribution in [0.2, 0.25) is 0 Å². The molecule has 0 aromatic heterocycles. The van der Waals surface area contributed by atoms with Crippen molar-refractivity contribution in [2.45, 2.75) is 0 Å². The van der Waals surface area contributed by atoms with Crippen LogP contribution in [-0.2, 0) is 3.07 Å². The number of ether oxygens (including phenoxy) is 1. The maximum Gasteiger partial charge on any atom is 0.289 e. The van der Waals surface area contributed by atoms with E-state index in [0.29, 0.717) is 5.75 Å². The molecule has 0 saturated carbocycles. The minimum Gasteiger partial charge on any atom is -0.497 e. The fourth-order valence-electron chi connectivity index (χ4n) is 0.825. The molecular weight excluding hydrogens is 289 g/mol. The van der Waals surface area contributed by atoms with E-state index >= 15 is 0 Å². The Morgan fingerprint density at radius 3 is 2.69 bits per heavy atom. The highest BCUT2D eigenvalue weighted by Gasteiger charge is 2.14. The lowest BCUT2D eigenvalue weighted by Gasteiger charge is -1.99. The molecule has 1 rings (SSSR count). The molecule has 0 aliphatic rings. The summed E-state index contributed by atoms with van der Waals surface area (Å²) >= 11 is -1.51. The Hall–Kier alpha value is -1.05. The first kappa shape index (κ1) is 10.0. The number of nitrogens with zero attached hydrogens (tertiary/aromatic N) is 1. The van der Waals surface area contributed by atoms with Crippen LogP contribution in [0.25, 0.3) is 0 Å². The fraction of sp³-hybridized carbons (Fsp3) is 0.143. The standard InChI is InChI=1S/C7H6INO4/c1-13-5-2-3-6(8-10)7(4-5)9(11)12/h2-4H,1H3. The van der Waals surface area contributed by atoms with Gasteiger partial charge in [0.15, 0.2) is 21.2 Å². The minimum atomic E-state index is -1.51. The minimum absolute atomic E-state index is 0.137. The smallest absolute Gasteiger partial charge is 0.289 e. The third-order valence-corrected chi connectivity index (χ3v) is 2.82. The van der Waals surface area contributed by atoms with Crippen molar-refractivity contribution in [2.75, 3.05) is 7.11 Å². The molecule has 0 spiro atoms. The van der Waals surface area contributed by atoms with Gasteiger partial charge in [-0.15, -0.1) is 0 Å². The van der Waals surface area contributed by atoms with Gasteiger partial charge in [0.1, 0.15) is 9.32 Å². The molecule has 0 amide bonds. The molecule has 5 nitrogen and oxygen atoms in total. The molecule has 13 heavy (non-hydrogen) atoms. The number of methoxy groups -OCH3 is 1. The molecule has 0 aliphatic heterocycles. The summed E-state index contributed by atoms with van der Waals surface area (Å²) in [6.45, 7) is 0. The Labute approximate surface area is 84.5 Å². The first-order valence-corrected chi connectivity index (χ1v) is 5.24. The van der Waals surface area contributed by atoms with Crippen molar-refractivity contribution in [1.29, 1.82) is 0 Å². The average Bonchev–Trinajstić information content (AvgIpc) is 2.16. The Kier molecular flexibility index (Phi) is 3.29. The predicted octanol–water partition coefficient (Wildman–Crippen LogP) is 2.09. The molecule has 0 aliphatic carbocycles. The van der Waals surface area contributed by atoms with Gasteiger partial charge in [-0.1, -0.05) is 0 Å². The second kappa shape index (κ2) is 4.26. The SMILES string of the molecule is COc1ccc(I=O)c([N+](=O)[O-])c1. The summed E-state index contributed by atoms with van der Waals surface area (Å²) in [5, 5.41) is 10.5. The molecule has 0 saturated heterocycles. The average molecular weight is 295 g/mol. The first-order chi connectivity index (χ1) is 6.19. The van der Waals surface area contributed by atoms with E-state index < -0.39 is 26.1 Å². The van der Waals surface area contributed by atoms with Gasteiger partial charge in [0, 0.05) is 0 Å². The van der Waals surface area contributed by atoms with Crippen LogP contribution in [-0.4, -0.2) is 12.0 Å². The number of benzene rings is 1. The van der Waals surface area contributed by atoms with Crippen LogP contribution in [0.1, 0.15) is 0 Å². The second-order valence-electron chi connectivity index (χ2n) is 2.15. The zero-order valence-electron chi connectivity index (χ0n) is 6.69. The Morgan fingerprint density at radius 1 is 1.54 bits per heavy atom. The maximum atomic E-state index is 10.6. The third-order valence-electron chi connectivity index (χ3n) is 1.43. The van der Waals surface area contributed by atoms with Crippen molar-refractivity contribution >= 4 is 26.9 Å². The van der Waals surface area contributed by atoms with Crippen molar-refractivity contribution < 1.29 is 12.7 Å². The van der Waals surface area contributed by atoms with Gasteiger partial charge in [0.25, 0.3) is 5.69 Å². The summed E-state index contributed by atoms with van der Waals surface area (Å²) in [6, 6.07) is 4.28. The molecule has 6 heteroatoms. The highest BCUT2D eigenvalue weighted by Crippen LogP contribution is 2.27. The summed E-state index contributed by atoms with van der Waals surface area (Å²) < 4.78 is 15.7. The number of hydrogen-bond donors (Lipinski definition) is 0. The molecule has 0 radical (unpaired) electrons. The summed E-state index contributed by atoms with van der Waals surface area (Å²) in [4.78, 5) is 9.92. The third kappa shape index (κ3) is 2.20. The Balaban J connectivity index is 3.25. The molecule has 70 valence electrons. The normalized spacial score (nSPS) is 9.62. The van der Waals surface area contributed by atoms with Crippen molar-refractivity contribution in [3.05, 3.63) is 31.9 Å². The van der Waals surface area contributed by atoms with E-state index in [-0.39, 0.29) is 9.26 Å². The lowest BCUT2D eigenvalue weighted by atomic mass is 10.3. The number of halogens is 1. The zero-order chi connectivity index (χ0) is 9.84. The number of nitro groups is 1. The van der Waals surface area contributed by atoms with E-state index in [9.17, 15) is 13.2 Å². The van der Waals surface area contributed by atoms with Crippen molar-refractivity contribution in [3.8, 4) is 5.75 Å². The number of rotatable bonds is 3. The molecule has 1 aromatic carbocycles. The molecule has 1 aromatic rings. The topological polar surface area (TPSA) is 69.4 Å². The van der Waals surface area contributed by atoms with Gasteiger partial charge < -0.3 is 4.74 Å².